The maximum Gasteiger partial charge on any atom is 0.181 e. The maximum absolute atomic E-state index is 5.66. The molecule has 3 nitrogen and oxygen atoms in total. The molecule has 104 valence electrons. The molecule has 4 aliphatic rings. The van der Waals surface area contributed by atoms with Crippen LogP contribution in [0.1, 0.15) is 55.9 Å². The highest BCUT2D eigenvalue weighted by Crippen LogP contribution is 2.59. The van der Waals surface area contributed by atoms with Crippen LogP contribution in [0, 0.1) is 23.7 Å². The van der Waals surface area contributed by atoms with Crippen molar-refractivity contribution in [3.05, 3.63) is 17.8 Å². The van der Waals surface area contributed by atoms with Crippen LogP contribution in [0.2, 0.25) is 0 Å². The molecule has 2 N–H and O–H groups in total. The zero-order chi connectivity index (χ0) is 12.8. The summed E-state index contributed by atoms with van der Waals surface area (Å²) in [6.07, 6.45) is 10.9. The molecule has 1 heterocycles. The minimum absolute atomic E-state index is 0.694. The Morgan fingerprint density at radius 1 is 1.11 bits per heavy atom. The van der Waals surface area contributed by atoms with Gasteiger partial charge in [-0.15, -0.1) is 0 Å². The number of aromatic nitrogens is 1. The first-order valence-electron chi connectivity index (χ1n) is 7.97. The van der Waals surface area contributed by atoms with Crippen molar-refractivity contribution in [2.75, 3.05) is 6.54 Å². The highest BCUT2D eigenvalue weighted by molar-refractivity contribution is 5.20. The van der Waals surface area contributed by atoms with Crippen LogP contribution in [0.3, 0.4) is 0 Å². The second-order valence-electron chi connectivity index (χ2n) is 7.01. The fourth-order valence-corrected chi connectivity index (χ4v) is 5.37. The quantitative estimate of drug-likeness (QED) is 0.905. The van der Waals surface area contributed by atoms with Gasteiger partial charge < -0.3 is 10.2 Å². The highest BCUT2D eigenvalue weighted by Gasteiger charge is 2.49. The van der Waals surface area contributed by atoms with Crippen molar-refractivity contribution in [1.29, 1.82) is 0 Å². The molecule has 5 rings (SSSR count). The second kappa shape index (κ2) is 4.62. The number of oxazole rings is 1. The molecule has 4 fully saturated rings. The molecule has 4 aliphatic carbocycles. The Hall–Kier alpha value is -0.830. The summed E-state index contributed by atoms with van der Waals surface area (Å²) in [6, 6.07) is 0. The van der Waals surface area contributed by atoms with E-state index in [-0.39, 0.29) is 0 Å². The van der Waals surface area contributed by atoms with Crippen LogP contribution in [-0.2, 0) is 6.42 Å². The Kier molecular flexibility index (Phi) is 2.91. The summed E-state index contributed by atoms with van der Waals surface area (Å²) < 4.78 is 5.66. The Morgan fingerprint density at radius 3 is 2.42 bits per heavy atom. The summed E-state index contributed by atoms with van der Waals surface area (Å²) in [5.74, 6) is 5.65. The summed E-state index contributed by atoms with van der Waals surface area (Å²) >= 11 is 0. The number of hydrogen-bond donors (Lipinski definition) is 1. The first-order valence-corrected chi connectivity index (χ1v) is 7.97. The Bertz CT molecular complexity index is 425. The lowest BCUT2D eigenvalue weighted by Crippen LogP contribution is -2.44. The SMILES string of the molecule is NCCCc1ocnc1C1C2CC3CC(C2)CC1C3. The van der Waals surface area contributed by atoms with Crippen molar-refractivity contribution < 1.29 is 4.42 Å². The molecule has 0 amide bonds. The van der Waals surface area contributed by atoms with Crippen LogP contribution < -0.4 is 5.73 Å². The van der Waals surface area contributed by atoms with Gasteiger partial charge in [-0.2, -0.15) is 0 Å². The molecule has 0 saturated heterocycles. The van der Waals surface area contributed by atoms with Crippen molar-refractivity contribution in [2.24, 2.45) is 29.4 Å². The van der Waals surface area contributed by atoms with E-state index in [1.165, 1.54) is 37.8 Å². The van der Waals surface area contributed by atoms with Crippen LogP contribution in [0.25, 0.3) is 0 Å². The van der Waals surface area contributed by atoms with E-state index in [0.717, 1.165) is 48.8 Å². The molecular formula is C16H24N2O. The largest absolute Gasteiger partial charge is 0.448 e. The summed E-state index contributed by atoms with van der Waals surface area (Å²) in [4.78, 5) is 4.61. The van der Waals surface area contributed by atoms with Crippen LogP contribution in [0.15, 0.2) is 10.8 Å². The van der Waals surface area contributed by atoms with Crippen LogP contribution >= 0.6 is 0 Å². The lowest BCUT2D eigenvalue weighted by Gasteiger charge is -2.54. The molecule has 19 heavy (non-hydrogen) atoms. The van der Waals surface area contributed by atoms with Crippen LogP contribution in [0.5, 0.6) is 0 Å². The van der Waals surface area contributed by atoms with E-state index >= 15 is 0 Å². The Morgan fingerprint density at radius 2 is 1.79 bits per heavy atom. The average molecular weight is 260 g/mol. The van der Waals surface area contributed by atoms with Crippen molar-refractivity contribution in [3.63, 3.8) is 0 Å². The van der Waals surface area contributed by atoms with E-state index in [4.69, 9.17) is 10.2 Å². The van der Waals surface area contributed by atoms with E-state index in [0.29, 0.717) is 5.92 Å². The van der Waals surface area contributed by atoms with E-state index < -0.39 is 0 Å². The van der Waals surface area contributed by atoms with Gasteiger partial charge in [-0.25, -0.2) is 4.98 Å². The van der Waals surface area contributed by atoms with Gasteiger partial charge in [-0.3, -0.25) is 0 Å². The monoisotopic (exact) mass is 260 g/mol. The van der Waals surface area contributed by atoms with Crippen LogP contribution in [-0.4, -0.2) is 11.5 Å². The van der Waals surface area contributed by atoms with Gasteiger partial charge in [0, 0.05) is 12.3 Å². The van der Waals surface area contributed by atoms with Gasteiger partial charge in [0.2, 0.25) is 0 Å². The van der Waals surface area contributed by atoms with E-state index in [9.17, 15) is 0 Å². The van der Waals surface area contributed by atoms with Gasteiger partial charge in [-0.1, -0.05) is 0 Å². The van der Waals surface area contributed by atoms with Gasteiger partial charge in [0.25, 0.3) is 0 Å². The summed E-state index contributed by atoms with van der Waals surface area (Å²) in [5.41, 5.74) is 6.92. The lowest BCUT2D eigenvalue weighted by molar-refractivity contribution is -0.00456. The maximum atomic E-state index is 5.66. The molecular weight excluding hydrogens is 236 g/mol. The number of hydrogen-bond acceptors (Lipinski definition) is 3. The minimum atomic E-state index is 0.694. The summed E-state index contributed by atoms with van der Waals surface area (Å²) in [6.45, 7) is 0.738. The molecule has 0 unspecified atom stereocenters. The molecule has 1 aromatic rings. The minimum Gasteiger partial charge on any atom is -0.448 e. The van der Waals surface area contributed by atoms with E-state index in [1.54, 1.807) is 6.39 Å². The number of aryl methyl sites for hydroxylation is 1. The van der Waals surface area contributed by atoms with Gasteiger partial charge in [-0.05, 0) is 68.7 Å². The van der Waals surface area contributed by atoms with Gasteiger partial charge in [0.15, 0.2) is 6.39 Å². The predicted molar refractivity (Wildman–Crippen MR) is 73.7 cm³/mol. The third-order valence-corrected chi connectivity index (χ3v) is 5.82. The Labute approximate surface area is 115 Å². The second-order valence-corrected chi connectivity index (χ2v) is 7.01. The van der Waals surface area contributed by atoms with Crippen LogP contribution in [0.4, 0.5) is 0 Å². The van der Waals surface area contributed by atoms with Crippen molar-refractivity contribution in [2.45, 2.75) is 50.9 Å². The topological polar surface area (TPSA) is 52.0 Å². The first kappa shape index (κ1) is 12.0. The molecule has 0 spiro atoms. The third-order valence-electron chi connectivity index (χ3n) is 5.82. The predicted octanol–water partition coefficient (Wildman–Crippen LogP) is 3.11. The molecule has 0 radical (unpaired) electrons. The fraction of sp³-hybridized carbons (Fsp3) is 0.812. The van der Waals surface area contributed by atoms with E-state index in [2.05, 4.69) is 4.98 Å². The smallest absolute Gasteiger partial charge is 0.181 e. The van der Waals surface area contributed by atoms with Crippen molar-refractivity contribution >= 4 is 0 Å². The molecule has 3 heteroatoms. The third kappa shape index (κ3) is 1.94. The van der Waals surface area contributed by atoms with E-state index in [1.807, 2.05) is 0 Å². The fourth-order valence-electron chi connectivity index (χ4n) is 5.37. The highest BCUT2D eigenvalue weighted by atomic mass is 16.3. The molecule has 0 aromatic carbocycles. The lowest BCUT2D eigenvalue weighted by atomic mass is 9.51. The summed E-state index contributed by atoms with van der Waals surface area (Å²) in [7, 11) is 0. The first-order chi connectivity index (χ1) is 9.35. The molecule has 4 saturated carbocycles. The molecule has 0 aliphatic heterocycles. The molecule has 1 aromatic heterocycles. The Balaban J connectivity index is 1.60. The van der Waals surface area contributed by atoms with Gasteiger partial charge in [0.05, 0.1) is 5.69 Å². The van der Waals surface area contributed by atoms with Crippen molar-refractivity contribution in [3.8, 4) is 0 Å². The van der Waals surface area contributed by atoms with Crippen molar-refractivity contribution in [1.82, 2.24) is 4.98 Å². The zero-order valence-electron chi connectivity index (χ0n) is 11.6. The molecule has 4 bridgehead atoms. The number of nitrogens with two attached hydrogens (primary N) is 1. The average Bonchev–Trinajstić information content (AvgIpc) is 2.83. The number of nitrogens with zero attached hydrogens (tertiary/aromatic N) is 1. The summed E-state index contributed by atoms with van der Waals surface area (Å²) in [5, 5.41) is 0. The number of rotatable bonds is 4. The standard InChI is InChI=1S/C16H24N2O/c17-3-1-2-14-16(18-9-19-14)15-12-5-10-4-11(7-12)8-13(15)6-10/h9-13,15H,1-8,17H2. The van der Waals surface area contributed by atoms with Gasteiger partial charge in [0.1, 0.15) is 5.76 Å². The zero-order valence-corrected chi connectivity index (χ0v) is 11.6. The van der Waals surface area contributed by atoms with Gasteiger partial charge >= 0.3 is 0 Å². The molecule has 0 atom stereocenters. The normalized spacial score (nSPS) is 39.9.